The maximum atomic E-state index is 12.0. The number of carbonyl (C=O) groups is 3. The third-order valence-corrected chi connectivity index (χ3v) is 3.92. The van der Waals surface area contributed by atoms with E-state index < -0.39 is 12.0 Å². The minimum atomic E-state index is -0.946. The lowest BCUT2D eigenvalue weighted by Crippen LogP contribution is -2.38. The number of hydrogen-bond acceptors (Lipinski definition) is 4. The van der Waals surface area contributed by atoms with Crippen molar-refractivity contribution in [2.75, 3.05) is 0 Å². The number of carboxylic acid groups (broad SMARTS) is 1. The molecule has 2 atom stereocenters. The van der Waals surface area contributed by atoms with Gasteiger partial charge in [0, 0.05) is 17.8 Å². The van der Waals surface area contributed by atoms with Crippen molar-refractivity contribution in [1.82, 2.24) is 10.6 Å². The standard InChI is InChI=1S/C14H20N2O4S/c1-3-10(7-14(19)20)16-13(18)8-11(15-9(2)17)12-5-4-6-21-12/h4-6,10-11H,3,7-8H2,1-2H3,(H,15,17)(H,16,18)(H,19,20). The van der Waals surface area contributed by atoms with Gasteiger partial charge in [-0.25, -0.2) is 0 Å². The highest BCUT2D eigenvalue weighted by Crippen LogP contribution is 2.22. The van der Waals surface area contributed by atoms with Gasteiger partial charge >= 0.3 is 5.97 Å². The van der Waals surface area contributed by atoms with Crippen LogP contribution in [-0.4, -0.2) is 28.9 Å². The van der Waals surface area contributed by atoms with E-state index in [0.717, 1.165) is 4.88 Å². The zero-order valence-corrected chi connectivity index (χ0v) is 12.9. The van der Waals surface area contributed by atoms with Gasteiger partial charge in [0.15, 0.2) is 0 Å². The second kappa shape index (κ2) is 8.41. The minimum absolute atomic E-state index is 0.0935. The van der Waals surface area contributed by atoms with E-state index in [1.165, 1.54) is 18.3 Å². The van der Waals surface area contributed by atoms with Crippen LogP contribution in [0.5, 0.6) is 0 Å². The van der Waals surface area contributed by atoms with Gasteiger partial charge in [-0.1, -0.05) is 13.0 Å². The number of nitrogens with one attached hydrogen (secondary N) is 2. The van der Waals surface area contributed by atoms with E-state index in [0.29, 0.717) is 6.42 Å². The van der Waals surface area contributed by atoms with Gasteiger partial charge in [0.2, 0.25) is 11.8 Å². The molecule has 0 radical (unpaired) electrons. The molecule has 7 heteroatoms. The Morgan fingerprint density at radius 2 is 2.00 bits per heavy atom. The molecule has 0 fully saturated rings. The SMILES string of the molecule is CCC(CC(=O)O)NC(=O)CC(NC(C)=O)c1cccs1. The van der Waals surface area contributed by atoms with Crippen LogP contribution < -0.4 is 10.6 Å². The van der Waals surface area contributed by atoms with Crippen molar-refractivity contribution in [1.29, 1.82) is 0 Å². The van der Waals surface area contributed by atoms with Gasteiger partial charge in [-0.15, -0.1) is 11.3 Å². The molecule has 116 valence electrons. The summed E-state index contributed by atoms with van der Waals surface area (Å²) in [6, 6.07) is 2.93. The second-order valence-corrected chi connectivity index (χ2v) is 5.72. The van der Waals surface area contributed by atoms with Crippen LogP contribution in [0.2, 0.25) is 0 Å². The Morgan fingerprint density at radius 1 is 1.29 bits per heavy atom. The average Bonchev–Trinajstić information content (AvgIpc) is 2.89. The topological polar surface area (TPSA) is 95.5 Å². The van der Waals surface area contributed by atoms with Gasteiger partial charge in [-0.05, 0) is 17.9 Å². The van der Waals surface area contributed by atoms with Gasteiger partial charge in [-0.3, -0.25) is 14.4 Å². The number of aliphatic carboxylic acids is 1. The molecule has 0 saturated heterocycles. The molecule has 0 aliphatic rings. The molecule has 1 rings (SSSR count). The Hall–Kier alpha value is -1.89. The van der Waals surface area contributed by atoms with Gasteiger partial charge in [0.25, 0.3) is 0 Å². The van der Waals surface area contributed by atoms with Crippen molar-refractivity contribution in [3.8, 4) is 0 Å². The third-order valence-electron chi connectivity index (χ3n) is 2.93. The van der Waals surface area contributed by atoms with Crippen molar-refractivity contribution in [3.05, 3.63) is 22.4 Å². The predicted octanol–water partition coefficient (Wildman–Crippen LogP) is 1.68. The van der Waals surface area contributed by atoms with Crippen molar-refractivity contribution in [2.45, 2.75) is 45.2 Å². The number of rotatable bonds is 8. The highest BCUT2D eigenvalue weighted by Gasteiger charge is 2.20. The molecular formula is C14H20N2O4S. The average molecular weight is 312 g/mol. The van der Waals surface area contributed by atoms with Gasteiger partial charge in [0.05, 0.1) is 18.9 Å². The molecule has 3 N–H and O–H groups in total. The predicted molar refractivity (Wildman–Crippen MR) is 80.0 cm³/mol. The van der Waals surface area contributed by atoms with Crippen LogP contribution in [-0.2, 0) is 14.4 Å². The van der Waals surface area contributed by atoms with E-state index in [4.69, 9.17) is 5.11 Å². The maximum Gasteiger partial charge on any atom is 0.305 e. The van der Waals surface area contributed by atoms with E-state index in [1.807, 2.05) is 24.4 Å². The van der Waals surface area contributed by atoms with Crippen molar-refractivity contribution >= 4 is 29.1 Å². The molecule has 6 nitrogen and oxygen atoms in total. The molecule has 0 aliphatic heterocycles. The molecule has 2 unspecified atom stereocenters. The lowest BCUT2D eigenvalue weighted by molar-refractivity contribution is -0.137. The highest BCUT2D eigenvalue weighted by atomic mass is 32.1. The Bertz CT molecular complexity index is 487. The van der Waals surface area contributed by atoms with Crippen LogP contribution in [0.4, 0.5) is 0 Å². The third kappa shape index (κ3) is 6.40. The van der Waals surface area contributed by atoms with Crippen LogP contribution in [0.25, 0.3) is 0 Å². The van der Waals surface area contributed by atoms with Crippen molar-refractivity contribution < 1.29 is 19.5 Å². The number of amides is 2. The molecule has 0 aliphatic carbocycles. The first-order valence-electron chi connectivity index (χ1n) is 6.74. The summed E-state index contributed by atoms with van der Waals surface area (Å²) >= 11 is 1.46. The Morgan fingerprint density at radius 3 is 2.48 bits per heavy atom. The quantitative estimate of drug-likeness (QED) is 0.680. The van der Waals surface area contributed by atoms with E-state index >= 15 is 0 Å². The first-order chi connectivity index (χ1) is 9.92. The largest absolute Gasteiger partial charge is 0.481 e. The summed E-state index contributed by atoms with van der Waals surface area (Å²) in [5.41, 5.74) is 0. The number of carboxylic acids is 1. The van der Waals surface area contributed by atoms with Gasteiger partial charge in [-0.2, -0.15) is 0 Å². The summed E-state index contributed by atoms with van der Waals surface area (Å²) in [6.45, 7) is 3.22. The number of carbonyl (C=O) groups excluding carboxylic acids is 2. The van der Waals surface area contributed by atoms with Crippen LogP contribution >= 0.6 is 11.3 Å². The van der Waals surface area contributed by atoms with Crippen molar-refractivity contribution in [3.63, 3.8) is 0 Å². The smallest absolute Gasteiger partial charge is 0.305 e. The van der Waals surface area contributed by atoms with Crippen LogP contribution in [0, 0.1) is 0 Å². The van der Waals surface area contributed by atoms with Crippen LogP contribution in [0.1, 0.15) is 44.0 Å². The summed E-state index contributed by atoms with van der Waals surface area (Å²) in [6.07, 6.45) is 0.532. The molecule has 0 spiro atoms. The summed E-state index contributed by atoms with van der Waals surface area (Å²) in [4.78, 5) is 34.9. The zero-order valence-electron chi connectivity index (χ0n) is 12.1. The summed E-state index contributed by atoms with van der Waals surface area (Å²) < 4.78 is 0. The lowest BCUT2D eigenvalue weighted by Gasteiger charge is -2.19. The first-order valence-corrected chi connectivity index (χ1v) is 7.62. The van der Waals surface area contributed by atoms with E-state index in [9.17, 15) is 14.4 Å². The molecule has 2 amide bonds. The van der Waals surface area contributed by atoms with E-state index in [-0.39, 0.29) is 30.7 Å². The van der Waals surface area contributed by atoms with Crippen LogP contribution in [0.3, 0.4) is 0 Å². The fraction of sp³-hybridized carbons (Fsp3) is 0.500. The van der Waals surface area contributed by atoms with Crippen LogP contribution in [0.15, 0.2) is 17.5 Å². The molecule has 0 saturated carbocycles. The zero-order chi connectivity index (χ0) is 15.8. The minimum Gasteiger partial charge on any atom is -0.481 e. The molecule has 1 heterocycles. The molecule has 1 aromatic heterocycles. The van der Waals surface area contributed by atoms with Gasteiger partial charge in [0.1, 0.15) is 0 Å². The number of thiophene rings is 1. The summed E-state index contributed by atoms with van der Waals surface area (Å²) in [5.74, 6) is -1.42. The second-order valence-electron chi connectivity index (χ2n) is 4.74. The first kappa shape index (κ1) is 17.2. The maximum absolute atomic E-state index is 12.0. The van der Waals surface area contributed by atoms with Crippen molar-refractivity contribution in [2.24, 2.45) is 0 Å². The molecule has 1 aromatic rings. The molecule has 0 bridgehead atoms. The Balaban J connectivity index is 2.63. The Kier molecular flexibility index (Phi) is 6.87. The number of hydrogen-bond donors (Lipinski definition) is 3. The molecule has 0 aromatic carbocycles. The van der Waals surface area contributed by atoms with Gasteiger partial charge < -0.3 is 15.7 Å². The summed E-state index contributed by atoms with van der Waals surface area (Å²) in [7, 11) is 0. The highest BCUT2D eigenvalue weighted by molar-refractivity contribution is 7.10. The molecule has 21 heavy (non-hydrogen) atoms. The normalized spacial score (nSPS) is 13.2. The summed E-state index contributed by atoms with van der Waals surface area (Å²) in [5, 5.41) is 16.1. The molecular weight excluding hydrogens is 292 g/mol. The van der Waals surface area contributed by atoms with E-state index in [2.05, 4.69) is 10.6 Å². The lowest BCUT2D eigenvalue weighted by atomic mass is 10.1. The van der Waals surface area contributed by atoms with E-state index in [1.54, 1.807) is 0 Å². The fourth-order valence-electron chi connectivity index (χ4n) is 1.94. The monoisotopic (exact) mass is 312 g/mol. The fourth-order valence-corrected chi connectivity index (χ4v) is 2.72. The Labute approximate surface area is 127 Å².